The Hall–Kier alpha value is -2.19. The summed E-state index contributed by atoms with van der Waals surface area (Å²) in [6.07, 6.45) is 0. The van der Waals surface area contributed by atoms with Gasteiger partial charge in [0.15, 0.2) is 0 Å². The van der Waals surface area contributed by atoms with Crippen LogP contribution in [0, 0.1) is 12.7 Å². The van der Waals surface area contributed by atoms with Gasteiger partial charge in [-0.1, -0.05) is 11.3 Å². The first kappa shape index (κ1) is 15.7. The Labute approximate surface area is 136 Å². The Morgan fingerprint density at radius 1 is 1.17 bits per heavy atom. The van der Waals surface area contributed by atoms with E-state index in [1.54, 1.807) is 25.2 Å². The monoisotopic (exact) mass is 352 g/mol. The molecule has 0 unspecified atom stereocenters. The zero-order valence-corrected chi connectivity index (χ0v) is 14.0. The number of benzene rings is 2. The summed E-state index contributed by atoms with van der Waals surface area (Å²) in [4.78, 5) is 11.5. The van der Waals surface area contributed by atoms with Crippen LogP contribution in [-0.2, 0) is 17.1 Å². The van der Waals surface area contributed by atoms with E-state index in [1.807, 2.05) is 0 Å². The molecule has 120 valence electrons. The van der Waals surface area contributed by atoms with Crippen LogP contribution < -0.4 is 9.60 Å². The SMILES string of the molecule is Cc1cc(F)ccc1S(=O)(=O)Nc1ccc2c(c1)sc(=O)n2C. The Morgan fingerprint density at radius 2 is 1.91 bits per heavy atom. The molecule has 1 heterocycles. The van der Waals surface area contributed by atoms with Gasteiger partial charge in [0.2, 0.25) is 0 Å². The van der Waals surface area contributed by atoms with Crippen molar-refractivity contribution in [3.63, 3.8) is 0 Å². The lowest BCUT2D eigenvalue weighted by molar-refractivity contribution is 0.598. The Bertz CT molecular complexity index is 1070. The highest BCUT2D eigenvalue weighted by Gasteiger charge is 2.18. The van der Waals surface area contributed by atoms with Crippen LogP contribution in [0.4, 0.5) is 10.1 Å². The maximum absolute atomic E-state index is 13.1. The fourth-order valence-electron chi connectivity index (χ4n) is 2.32. The first-order valence-corrected chi connectivity index (χ1v) is 8.96. The summed E-state index contributed by atoms with van der Waals surface area (Å²) in [7, 11) is -2.17. The van der Waals surface area contributed by atoms with Crippen molar-refractivity contribution in [3.05, 3.63) is 57.4 Å². The third kappa shape index (κ3) is 2.87. The second kappa shape index (κ2) is 5.47. The molecule has 8 heteroatoms. The summed E-state index contributed by atoms with van der Waals surface area (Å²) in [5, 5.41) is 0. The van der Waals surface area contributed by atoms with E-state index in [0.29, 0.717) is 16.0 Å². The number of nitrogens with one attached hydrogen (secondary N) is 1. The fraction of sp³-hybridized carbons (Fsp3) is 0.133. The summed E-state index contributed by atoms with van der Waals surface area (Å²) in [5.74, 6) is -0.489. The average molecular weight is 352 g/mol. The maximum Gasteiger partial charge on any atom is 0.307 e. The number of sulfonamides is 1. The lowest BCUT2D eigenvalue weighted by atomic mass is 10.2. The van der Waals surface area contributed by atoms with E-state index in [9.17, 15) is 17.6 Å². The molecule has 2 aromatic carbocycles. The summed E-state index contributed by atoms with van der Waals surface area (Å²) >= 11 is 1.04. The number of fused-ring (bicyclic) bond motifs is 1. The smallest absolute Gasteiger partial charge is 0.302 e. The average Bonchev–Trinajstić information content (AvgIpc) is 2.72. The second-order valence-corrected chi connectivity index (χ2v) is 7.77. The summed E-state index contributed by atoms with van der Waals surface area (Å²) < 4.78 is 42.7. The van der Waals surface area contributed by atoms with Crippen molar-refractivity contribution in [2.75, 3.05) is 4.72 Å². The van der Waals surface area contributed by atoms with Gasteiger partial charge in [0.25, 0.3) is 10.0 Å². The number of rotatable bonds is 3. The summed E-state index contributed by atoms with van der Waals surface area (Å²) in [6.45, 7) is 1.53. The molecular weight excluding hydrogens is 339 g/mol. The normalized spacial score (nSPS) is 11.8. The first-order chi connectivity index (χ1) is 10.8. The molecule has 0 saturated carbocycles. The van der Waals surface area contributed by atoms with Gasteiger partial charge in [-0.05, 0) is 48.9 Å². The molecule has 0 aliphatic rings. The molecule has 23 heavy (non-hydrogen) atoms. The number of aromatic nitrogens is 1. The molecule has 1 N–H and O–H groups in total. The van der Waals surface area contributed by atoms with Gasteiger partial charge in [-0.3, -0.25) is 9.52 Å². The van der Waals surface area contributed by atoms with E-state index < -0.39 is 15.8 Å². The largest absolute Gasteiger partial charge is 0.307 e. The van der Waals surface area contributed by atoms with Gasteiger partial charge in [0.05, 0.1) is 20.8 Å². The van der Waals surface area contributed by atoms with E-state index in [1.165, 1.54) is 23.6 Å². The Kier molecular flexibility index (Phi) is 3.73. The van der Waals surface area contributed by atoms with Crippen LogP contribution in [-0.4, -0.2) is 13.0 Å². The van der Waals surface area contributed by atoms with Crippen LogP contribution >= 0.6 is 11.3 Å². The predicted octanol–water partition coefficient (Wildman–Crippen LogP) is 2.85. The van der Waals surface area contributed by atoms with Gasteiger partial charge < -0.3 is 4.57 Å². The topological polar surface area (TPSA) is 68.2 Å². The van der Waals surface area contributed by atoms with E-state index in [2.05, 4.69) is 4.72 Å². The minimum Gasteiger partial charge on any atom is -0.302 e. The van der Waals surface area contributed by atoms with Crippen LogP contribution in [0.15, 0.2) is 46.1 Å². The number of nitrogens with zero attached hydrogens (tertiary/aromatic N) is 1. The molecule has 5 nitrogen and oxygen atoms in total. The van der Waals surface area contributed by atoms with Gasteiger partial charge in [0.1, 0.15) is 5.82 Å². The van der Waals surface area contributed by atoms with Crippen LogP contribution in [0.5, 0.6) is 0 Å². The summed E-state index contributed by atoms with van der Waals surface area (Å²) in [6, 6.07) is 8.38. The van der Waals surface area contributed by atoms with E-state index in [4.69, 9.17) is 0 Å². The van der Waals surface area contributed by atoms with Crippen molar-refractivity contribution in [2.24, 2.45) is 7.05 Å². The lowest BCUT2D eigenvalue weighted by Crippen LogP contribution is -2.14. The van der Waals surface area contributed by atoms with Crippen molar-refractivity contribution >= 4 is 37.3 Å². The van der Waals surface area contributed by atoms with Crippen molar-refractivity contribution in [2.45, 2.75) is 11.8 Å². The van der Waals surface area contributed by atoms with Crippen LogP contribution in [0.25, 0.3) is 10.2 Å². The number of aryl methyl sites for hydroxylation is 2. The molecule has 3 rings (SSSR count). The van der Waals surface area contributed by atoms with Gasteiger partial charge in [0, 0.05) is 7.05 Å². The quantitative estimate of drug-likeness (QED) is 0.788. The molecule has 0 aliphatic carbocycles. The van der Waals surface area contributed by atoms with Crippen LogP contribution in [0.2, 0.25) is 0 Å². The number of anilines is 1. The predicted molar refractivity (Wildman–Crippen MR) is 89.0 cm³/mol. The Morgan fingerprint density at radius 3 is 2.61 bits per heavy atom. The number of hydrogen-bond acceptors (Lipinski definition) is 4. The fourth-order valence-corrected chi connectivity index (χ4v) is 4.52. The van der Waals surface area contributed by atoms with E-state index in [0.717, 1.165) is 22.9 Å². The number of thiazole rings is 1. The molecule has 3 aromatic rings. The number of hydrogen-bond donors (Lipinski definition) is 1. The van der Waals surface area contributed by atoms with Crippen molar-refractivity contribution in [1.82, 2.24) is 4.57 Å². The molecule has 1 aromatic heterocycles. The highest BCUT2D eigenvalue weighted by Crippen LogP contribution is 2.24. The van der Waals surface area contributed by atoms with Crippen molar-refractivity contribution in [1.29, 1.82) is 0 Å². The van der Waals surface area contributed by atoms with E-state index >= 15 is 0 Å². The molecule has 0 fully saturated rings. The van der Waals surface area contributed by atoms with Gasteiger partial charge in [-0.25, -0.2) is 12.8 Å². The molecular formula is C15H13FN2O3S2. The molecule has 0 atom stereocenters. The summed E-state index contributed by atoms with van der Waals surface area (Å²) in [5.41, 5.74) is 1.41. The first-order valence-electron chi connectivity index (χ1n) is 6.66. The molecule has 0 aliphatic heterocycles. The highest BCUT2D eigenvalue weighted by molar-refractivity contribution is 7.92. The number of halogens is 1. The van der Waals surface area contributed by atoms with Crippen molar-refractivity contribution < 1.29 is 12.8 Å². The molecule has 0 bridgehead atoms. The Balaban J connectivity index is 2.01. The van der Waals surface area contributed by atoms with Crippen LogP contribution in [0.1, 0.15) is 5.56 Å². The minimum absolute atomic E-state index is 0.0141. The standard InChI is InChI=1S/C15H13FN2O3S2/c1-9-7-10(16)3-6-14(9)23(20,21)17-11-4-5-12-13(8-11)22-15(19)18(12)2/h3-8,17H,1-2H3. The van der Waals surface area contributed by atoms with Crippen molar-refractivity contribution in [3.8, 4) is 0 Å². The highest BCUT2D eigenvalue weighted by atomic mass is 32.2. The van der Waals surface area contributed by atoms with E-state index in [-0.39, 0.29) is 9.77 Å². The third-order valence-corrected chi connectivity index (χ3v) is 6.01. The second-order valence-electron chi connectivity index (χ2n) is 5.12. The third-order valence-electron chi connectivity index (χ3n) is 3.47. The zero-order valence-electron chi connectivity index (χ0n) is 12.3. The van der Waals surface area contributed by atoms with Gasteiger partial charge in [-0.15, -0.1) is 0 Å². The molecule has 0 spiro atoms. The maximum atomic E-state index is 13.1. The minimum atomic E-state index is -3.83. The van der Waals surface area contributed by atoms with Crippen LogP contribution in [0.3, 0.4) is 0 Å². The zero-order chi connectivity index (χ0) is 16.8. The van der Waals surface area contributed by atoms with Gasteiger partial charge >= 0.3 is 4.87 Å². The molecule has 0 amide bonds. The molecule has 0 saturated heterocycles. The van der Waals surface area contributed by atoms with Gasteiger partial charge in [-0.2, -0.15) is 0 Å². The molecule has 0 radical (unpaired) electrons. The lowest BCUT2D eigenvalue weighted by Gasteiger charge is -2.10.